The number of hydrogen-bond donors (Lipinski definition) is 1. The number of aryl methyl sites for hydroxylation is 2. The molecule has 2 aromatic carbocycles. The van der Waals surface area contributed by atoms with Crippen molar-refractivity contribution in [1.82, 2.24) is 5.32 Å². The molecule has 2 aromatic rings. The molecule has 0 spiro atoms. The van der Waals surface area contributed by atoms with E-state index in [1.807, 2.05) is 13.0 Å². The quantitative estimate of drug-likeness (QED) is 0.883. The molecule has 1 N–H and O–H groups in total. The van der Waals surface area contributed by atoms with Gasteiger partial charge in [-0.1, -0.05) is 24.3 Å². The molecule has 3 heteroatoms. The standard InChI is InChI=1S/C16H17F2N/c1-10-7-8-12(17)9-14(10)16(19-3)13-6-4-5-11(2)15(13)18/h4-9,16,19H,1-3H3. The maximum Gasteiger partial charge on any atom is 0.131 e. The van der Waals surface area contributed by atoms with E-state index in [0.717, 1.165) is 11.1 Å². The van der Waals surface area contributed by atoms with Crippen LogP contribution in [0.15, 0.2) is 36.4 Å². The summed E-state index contributed by atoms with van der Waals surface area (Å²) >= 11 is 0. The van der Waals surface area contributed by atoms with Crippen LogP contribution in [0.2, 0.25) is 0 Å². The first-order chi connectivity index (χ1) is 9.04. The van der Waals surface area contributed by atoms with Gasteiger partial charge in [0.25, 0.3) is 0 Å². The fourth-order valence-corrected chi connectivity index (χ4v) is 2.29. The van der Waals surface area contributed by atoms with Gasteiger partial charge < -0.3 is 5.32 Å². The SMILES string of the molecule is CNC(c1cc(F)ccc1C)c1cccc(C)c1F. The maximum absolute atomic E-state index is 14.2. The first kappa shape index (κ1) is 13.7. The fraction of sp³-hybridized carbons (Fsp3) is 0.250. The van der Waals surface area contributed by atoms with Gasteiger partial charge in [-0.2, -0.15) is 0 Å². The van der Waals surface area contributed by atoms with Gasteiger partial charge >= 0.3 is 0 Å². The predicted molar refractivity (Wildman–Crippen MR) is 73.2 cm³/mol. The molecule has 0 saturated heterocycles. The summed E-state index contributed by atoms with van der Waals surface area (Å²) in [6.45, 7) is 3.62. The van der Waals surface area contributed by atoms with Crippen molar-refractivity contribution in [1.29, 1.82) is 0 Å². The normalized spacial score (nSPS) is 12.5. The van der Waals surface area contributed by atoms with Crippen molar-refractivity contribution in [2.75, 3.05) is 7.05 Å². The molecule has 0 amide bonds. The van der Waals surface area contributed by atoms with E-state index < -0.39 is 0 Å². The van der Waals surface area contributed by atoms with Crippen molar-refractivity contribution >= 4 is 0 Å². The van der Waals surface area contributed by atoms with E-state index in [2.05, 4.69) is 5.32 Å². The molecule has 0 heterocycles. The third-order valence-corrected chi connectivity index (χ3v) is 3.37. The van der Waals surface area contributed by atoms with E-state index in [0.29, 0.717) is 11.1 Å². The molecular weight excluding hydrogens is 244 g/mol. The highest BCUT2D eigenvalue weighted by Gasteiger charge is 2.19. The third kappa shape index (κ3) is 2.66. The first-order valence-corrected chi connectivity index (χ1v) is 6.23. The van der Waals surface area contributed by atoms with Crippen LogP contribution in [-0.2, 0) is 0 Å². The van der Waals surface area contributed by atoms with E-state index in [9.17, 15) is 8.78 Å². The largest absolute Gasteiger partial charge is 0.309 e. The highest BCUT2D eigenvalue weighted by molar-refractivity contribution is 5.39. The van der Waals surface area contributed by atoms with Crippen LogP contribution in [0.4, 0.5) is 8.78 Å². The van der Waals surface area contributed by atoms with Crippen LogP contribution in [0.3, 0.4) is 0 Å². The molecule has 0 aliphatic rings. The Bertz CT molecular complexity index is 591. The second kappa shape index (κ2) is 5.49. The lowest BCUT2D eigenvalue weighted by Crippen LogP contribution is -2.20. The average Bonchev–Trinajstić information content (AvgIpc) is 2.39. The zero-order valence-electron chi connectivity index (χ0n) is 11.3. The summed E-state index contributed by atoms with van der Waals surface area (Å²) in [5.41, 5.74) is 2.82. The molecule has 19 heavy (non-hydrogen) atoms. The minimum Gasteiger partial charge on any atom is -0.309 e. The number of hydrogen-bond acceptors (Lipinski definition) is 1. The second-order valence-corrected chi connectivity index (χ2v) is 4.70. The van der Waals surface area contributed by atoms with Gasteiger partial charge in [0.05, 0.1) is 6.04 Å². The molecule has 1 atom stereocenters. The van der Waals surface area contributed by atoms with Gasteiger partial charge in [-0.05, 0) is 49.7 Å². The molecule has 1 unspecified atom stereocenters. The Morgan fingerprint density at radius 1 is 0.947 bits per heavy atom. The smallest absolute Gasteiger partial charge is 0.131 e. The molecule has 0 saturated carbocycles. The Kier molecular flexibility index (Phi) is 3.96. The highest BCUT2D eigenvalue weighted by atomic mass is 19.1. The molecule has 0 aliphatic carbocycles. The van der Waals surface area contributed by atoms with Crippen molar-refractivity contribution in [3.05, 3.63) is 70.3 Å². The summed E-state index contributed by atoms with van der Waals surface area (Å²) in [4.78, 5) is 0. The van der Waals surface area contributed by atoms with Crippen molar-refractivity contribution in [2.45, 2.75) is 19.9 Å². The molecular formula is C16H17F2N. The predicted octanol–water partition coefficient (Wildman–Crippen LogP) is 3.89. The Hall–Kier alpha value is -1.74. The van der Waals surface area contributed by atoms with Crippen LogP contribution in [0.5, 0.6) is 0 Å². The summed E-state index contributed by atoms with van der Waals surface area (Å²) in [7, 11) is 1.75. The number of nitrogens with one attached hydrogen (secondary N) is 1. The lowest BCUT2D eigenvalue weighted by molar-refractivity contribution is 0.564. The second-order valence-electron chi connectivity index (χ2n) is 4.70. The van der Waals surface area contributed by atoms with Crippen LogP contribution in [0, 0.1) is 25.5 Å². The minimum atomic E-state index is -0.351. The molecule has 0 bridgehead atoms. The molecule has 0 aliphatic heterocycles. The summed E-state index contributed by atoms with van der Waals surface area (Å²) in [5.74, 6) is -0.556. The van der Waals surface area contributed by atoms with Gasteiger partial charge in [-0.15, -0.1) is 0 Å². The van der Waals surface area contributed by atoms with Gasteiger partial charge in [0.2, 0.25) is 0 Å². The van der Waals surface area contributed by atoms with Gasteiger partial charge in [0, 0.05) is 5.56 Å². The van der Waals surface area contributed by atoms with Crippen molar-refractivity contribution in [3.8, 4) is 0 Å². The molecule has 0 radical (unpaired) electrons. The van der Waals surface area contributed by atoms with Gasteiger partial charge in [0.1, 0.15) is 11.6 Å². The topological polar surface area (TPSA) is 12.0 Å². The Morgan fingerprint density at radius 3 is 2.37 bits per heavy atom. The van der Waals surface area contributed by atoms with Crippen molar-refractivity contribution in [3.63, 3.8) is 0 Å². The molecule has 0 fully saturated rings. The lowest BCUT2D eigenvalue weighted by atomic mass is 9.93. The van der Waals surface area contributed by atoms with Crippen molar-refractivity contribution in [2.24, 2.45) is 0 Å². The van der Waals surface area contributed by atoms with Crippen LogP contribution in [-0.4, -0.2) is 7.05 Å². The highest BCUT2D eigenvalue weighted by Crippen LogP contribution is 2.28. The van der Waals surface area contributed by atoms with Crippen LogP contribution < -0.4 is 5.32 Å². The summed E-state index contributed by atoms with van der Waals surface area (Å²) in [5, 5.41) is 3.06. The molecule has 100 valence electrons. The zero-order valence-corrected chi connectivity index (χ0v) is 11.3. The van der Waals surface area contributed by atoms with Crippen LogP contribution in [0.25, 0.3) is 0 Å². The minimum absolute atomic E-state index is 0.245. The summed E-state index contributed by atoms with van der Waals surface area (Å²) in [6, 6.07) is 9.50. The van der Waals surface area contributed by atoms with Crippen LogP contribution >= 0.6 is 0 Å². The summed E-state index contributed by atoms with van der Waals surface area (Å²) < 4.78 is 27.6. The van der Waals surface area contributed by atoms with E-state index in [4.69, 9.17) is 0 Å². The van der Waals surface area contributed by atoms with Gasteiger partial charge in [-0.25, -0.2) is 8.78 Å². The third-order valence-electron chi connectivity index (χ3n) is 3.37. The Labute approximate surface area is 112 Å². The molecule has 2 rings (SSSR count). The lowest BCUT2D eigenvalue weighted by Gasteiger charge is -2.20. The molecule has 0 aromatic heterocycles. The van der Waals surface area contributed by atoms with E-state index in [-0.39, 0.29) is 17.7 Å². The number of benzene rings is 2. The first-order valence-electron chi connectivity index (χ1n) is 6.23. The van der Waals surface area contributed by atoms with Crippen molar-refractivity contribution < 1.29 is 8.78 Å². The zero-order chi connectivity index (χ0) is 14.0. The average molecular weight is 261 g/mol. The number of rotatable bonds is 3. The van der Waals surface area contributed by atoms with E-state index in [1.165, 1.54) is 12.1 Å². The van der Waals surface area contributed by atoms with Crippen LogP contribution in [0.1, 0.15) is 28.3 Å². The van der Waals surface area contributed by atoms with Gasteiger partial charge in [0.15, 0.2) is 0 Å². The molecule has 1 nitrogen and oxygen atoms in total. The van der Waals surface area contributed by atoms with E-state index in [1.54, 1.807) is 32.2 Å². The number of halogens is 2. The van der Waals surface area contributed by atoms with Gasteiger partial charge in [-0.3, -0.25) is 0 Å². The fourth-order valence-electron chi connectivity index (χ4n) is 2.29. The monoisotopic (exact) mass is 261 g/mol. The Balaban J connectivity index is 2.56. The maximum atomic E-state index is 14.2. The Morgan fingerprint density at radius 2 is 1.68 bits per heavy atom. The summed E-state index contributed by atoms with van der Waals surface area (Å²) in [6.07, 6.45) is 0. The van der Waals surface area contributed by atoms with E-state index >= 15 is 0 Å².